The number of aliphatic hydroxyl groups is 1. The van der Waals surface area contributed by atoms with Crippen molar-refractivity contribution in [1.82, 2.24) is 4.31 Å². The van der Waals surface area contributed by atoms with Crippen molar-refractivity contribution < 1.29 is 21.9 Å². The maximum atomic E-state index is 11.9. The lowest BCUT2D eigenvalue weighted by Gasteiger charge is -2.33. The zero-order valence-electron chi connectivity index (χ0n) is 9.33. The second-order valence-electron chi connectivity index (χ2n) is 4.11. The van der Waals surface area contributed by atoms with E-state index in [1.54, 1.807) is 6.92 Å². The summed E-state index contributed by atoms with van der Waals surface area (Å²) in [7, 11) is -6.72. The number of hydrogen-bond donors (Lipinski definition) is 1. The van der Waals surface area contributed by atoms with Crippen LogP contribution in [0.3, 0.4) is 0 Å². The summed E-state index contributed by atoms with van der Waals surface area (Å²) in [6.07, 6.45) is 0. The van der Waals surface area contributed by atoms with E-state index in [0.717, 1.165) is 0 Å². The van der Waals surface area contributed by atoms with Gasteiger partial charge < -0.3 is 5.11 Å². The molecule has 0 amide bonds. The second kappa shape index (κ2) is 4.59. The van der Waals surface area contributed by atoms with Crippen LogP contribution in [0.5, 0.6) is 0 Å². The Hall–Kier alpha value is -0.180. The van der Waals surface area contributed by atoms with Crippen molar-refractivity contribution in [2.75, 3.05) is 24.7 Å². The van der Waals surface area contributed by atoms with Gasteiger partial charge in [0.1, 0.15) is 0 Å². The van der Waals surface area contributed by atoms with Crippen LogP contribution in [0.1, 0.15) is 13.8 Å². The van der Waals surface area contributed by atoms with E-state index in [2.05, 4.69) is 0 Å². The highest BCUT2D eigenvalue weighted by Gasteiger charge is 2.37. The third-order valence-electron chi connectivity index (χ3n) is 2.70. The molecule has 1 aliphatic rings. The molecule has 0 bridgehead atoms. The summed E-state index contributed by atoms with van der Waals surface area (Å²) in [5.74, 6) is -0.293. The lowest BCUT2D eigenvalue weighted by Crippen LogP contribution is -2.52. The zero-order valence-corrected chi connectivity index (χ0v) is 11.0. The van der Waals surface area contributed by atoms with Gasteiger partial charge in [-0.15, -0.1) is 0 Å². The molecule has 1 aliphatic heterocycles. The van der Waals surface area contributed by atoms with Gasteiger partial charge in [0.2, 0.25) is 10.0 Å². The van der Waals surface area contributed by atoms with Gasteiger partial charge in [0, 0.05) is 12.6 Å². The third kappa shape index (κ3) is 2.73. The van der Waals surface area contributed by atoms with Gasteiger partial charge in [0.15, 0.2) is 9.84 Å². The molecule has 1 saturated heterocycles. The fourth-order valence-corrected chi connectivity index (χ4v) is 5.03. The van der Waals surface area contributed by atoms with E-state index in [-0.39, 0.29) is 18.1 Å². The smallest absolute Gasteiger partial charge is 0.219 e. The highest BCUT2D eigenvalue weighted by atomic mass is 32.2. The predicted molar refractivity (Wildman–Crippen MR) is 60.3 cm³/mol. The third-order valence-corrected chi connectivity index (χ3v) is 6.86. The predicted octanol–water partition coefficient (Wildman–Crippen LogP) is -1.18. The van der Waals surface area contributed by atoms with Gasteiger partial charge in [-0.3, -0.25) is 0 Å². The van der Waals surface area contributed by atoms with E-state index in [0.29, 0.717) is 0 Å². The van der Waals surface area contributed by atoms with E-state index >= 15 is 0 Å². The van der Waals surface area contributed by atoms with Crippen LogP contribution in [0, 0.1) is 0 Å². The molecule has 1 fully saturated rings. The summed E-state index contributed by atoms with van der Waals surface area (Å²) in [5.41, 5.74) is 0. The summed E-state index contributed by atoms with van der Waals surface area (Å²) >= 11 is 0. The first-order chi connectivity index (χ1) is 7.20. The van der Waals surface area contributed by atoms with Crippen LogP contribution < -0.4 is 0 Å². The van der Waals surface area contributed by atoms with Crippen LogP contribution in [-0.4, -0.2) is 62.2 Å². The van der Waals surface area contributed by atoms with Crippen molar-refractivity contribution in [2.45, 2.75) is 25.1 Å². The molecule has 1 N–H and O–H groups in total. The Balaban J connectivity index is 2.92. The van der Waals surface area contributed by atoms with Crippen molar-refractivity contribution in [1.29, 1.82) is 0 Å². The molecule has 0 saturated carbocycles. The first-order valence-electron chi connectivity index (χ1n) is 5.02. The molecule has 1 heterocycles. The minimum atomic E-state index is -3.59. The Labute approximate surface area is 96.2 Å². The molecule has 6 nitrogen and oxygen atoms in total. The number of sulfone groups is 1. The summed E-state index contributed by atoms with van der Waals surface area (Å²) < 4.78 is 47.6. The molecule has 2 unspecified atom stereocenters. The lowest BCUT2D eigenvalue weighted by atomic mass is 10.4. The number of aliphatic hydroxyl groups excluding tert-OH is 1. The lowest BCUT2D eigenvalue weighted by molar-refractivity contribution is 0.283. The van der Waals surface area contributed by atoms with Gasteiger partial charge in [0.05, 0.1) is 23.4 Å². The molecule has 1 rings (SSSR count). The highest BCUT2D eigenvalue weighted by molar-refractivity contribution is 7.92. The van der Waals surface area contributed by atoms with Gasteiger partial charge in [-0.05, 0) is 13.8 Å². The maximum absolute atomic E-state index is 11.9. The molecule has 0 aliphatic carbocycles. The van der Waals surface area contributed by atoms with Crippen molar-refractivity contribution >= 4 is 19.9 Å². The molecular weight excluding hydrogens is 254 g/mol. The van der Waals surface area contributed by atoms with Crippen LogP contribution in [-0.2, 0) is 19.9 Å². The van der Waals surface area contributed by atoms with Gasteiger partial charge in [-0.25, -0.2) is 16.8 Å². The van der Waals surface area contributed by atoms with Crippen molar-refractivity contribution in [2.24, 2.45) is 0 Å². The number of hydrogen-bond acceptors (Lipinski definition) is 5. The van der Waals surface area contributed by atoms with E-state index in [1.165, 1.54) is 11.2 Å². The van der Waals surface area contributed by atoms with E-state index in [9.17, 15) is 16.8 Å². The van der Waals surface area contributed by atoms with Crippen LogP contribution in [0.2, 0.25) is 0 Å². The second-order valence-corrected chi connectivity index (χ2v) is 8.64. The molecule has 96 valence electrons. The monoisotopic (exact) mass is 271 g/mol. The van der Waals surface area contributed by atoms with Gasteiger partial charge in [-0.1, -0.05) is 0 Å². The van der Waals surface area contributed by atoms with E-state index in [4.69, 9.17) is 5.11 Å². The fraction of sp³-hybridized carbons (Fsp3) is 1.00. The van der Waals surface area contributed by atoms with Crippen LogP contribution in [0.4, 0.5) is 0 Å². The minimum absolute atomic E-state index is 0.0177. The number of sulfonamides is 1. The summed E-state index contributed by atoms with van der Waals surface area (Å²) in [6.45, 7) is 2.50. The van der Waals surface area contributed by atoms with Crippen LogP contribution >= 0.6 is 0 Å². The molecule has 0 radical (unpaired) electrons. The average Bonchev–Trinajstić information content (AvgIpc) is 2.14. The number of rotatable bonds is 3. The van der Waals surface area contributed by atoms with Crippen molar-refractivity contribution in [3.63, 3.8) is 0 Å². The SMILES string of the molecule is CC1CS(=O)(=O)CCN1S(=O)(=O)C(C)CO. The van der Waals surface area contributed by atoms with Crippen LogP contribution in [0.25, 0.3) is 0 Å². The topological polar surface area (TPSA) is 91.8 Å². The van der Waals surface area contributed by atoms with E-state index < -0.39 is 37.8 Å². The largest absolute Gasteiger partial charge is 0.395 e. The first kappa shape index (κ1) is 13.9. The van der Waals surface area contributed by atoms with Crippen molar-refractivity contribution in [3.8, 4) is 0 Å². The quantitative estimate of drug-likeness (QED) is 0.697. The molecular formula is C8H17NO5S2. The molecule has 8 heteroatoms. The molecule has 0 spiro atoms. The summed E-state index contributed by atoms with van der Waals surface area (Å²) in [6, 6.07) is -0.558. The normalized spacial score (nSPS) is 28.8. The molecule has 0 aromatic rings. The Morgan fingerprint density at radius 2 is 2.06 bits per heavy atom. The first-order valence-corrected chi connectivity index (χ1v) is 8.35. The highest BCUT2D eigenvalue weighted by Crippen LogP contribution is 2.18. The summed E-state index contributed by atoms with van der Waals surface area (Å²) in [4.78, 5) is 0. The Morgan fingerprint density at radius 1 is 1.50 bits per heavy atom. The van der Waals surface area contributed by atoms with Crippen molar-refractivity contribution in [3.05, 3.63) is 0 Å². The Bertz CT molecular complexity index is 441. The Kier molecular flexibility index (Phi) is 3.99. The molecule has 0 aromatic heterocycles. The maximum Gasteiger partial charge on any atom is 0.219 e. The molecule has 16 heavy (non-hydrogen) atoms. The number of nitrogens with zero attached hydrogens (tertiary/aromatic N) is 1. The Morgan fingerprint density at radius 3 is 2.50 bits per heavy atom. The standard InChI is InChI=1S/C8H17NO5S2/c1-7-6-15(11,12)4-3-9(7)16(13,14)8(2)5-10/h7-8,10H,3-6H2,1-2H3. The van der Waals surface area contributed by atoms with E-state index in [1.807, 2.05) is 0 Å². The molecule has 0 aromatic carbocycles. The minimum Gasteiger partial charge on any atom is -0.395 e. The van der Waals surface area contributed by atoms with Gasteiger partial charge in [-0.2, -0.15) is 4.31 Å². The fourth-order valence-electron chi connectivity index (χ4n) is 1.69. The average molecular weight is 271 g/mol. The van der Waals surface area contributed by atoms with Crippen LogP contribution in [0.15, 0.2) is 0 Å². The van der Waals surface area contributed by atoms with Gasteiger partial charge in [0.25, 0.3) is 0 Å². The molecule has 2 atom stereocenters. The summed E-state index contributed by atoms with van der Waals surface area (Å²) in [5, 5.41) is 7.97. The van der Waals surface area contributed by atoms with Gasteiger partial charge >= 0.3 is 0 Å². The zero-order chi connectivity index (χ0) is 12.6.